The molecule has 0 bridgehead atoms. The minimum absolute atomic E-state index is 0.295. The first-order valence-electron chi connectivity index (χ1n) is 2.94. The van der Waals surface area contributed by atoms with E-state index in [9.17, 15) is 0 Å². The third kappa shape index (κ3) is 1.23. The van der Waals surface area contributed by atoms with E-state index in [-0.39, 0.29) is 0 Å². The first-order chi connectivity index (χ1) is 3.83. The molecule has 8 heavy (non-hydrogen) atoms. The molecule has 2 heteroatoms. The maximum Gasteiger partial charge on any atom is 0.0688 e. The van der Waals surface area contributed by atoms with E-state index in [0.29, 0.717) is 5.60 Å². The molecule has 1 aliphatic rings. The molecule has 0 saturated heterocycles. The fourth-order valence-corrected chi connectivity index (χ4v) is 1.59. The fraction of sp³-hybridized carbons (Fsp3) is 1.00. The Labute approximate surface area is 58.5 Å². The van der Waals surface area contributed by atoms with Gasteiger partial charge in [-0.05, 0) is 19.3 Å². The zero-order chi connectivity index (χ0) is 6.04. The van der Waals surface area contributed by atoms with Gasteiger partial charge in [0.15, 0.2) is 0 Å². The predicted molar refractivity (Wildman–Crippen MR) is 37.4 cm³/mol. The Kier molecular flexibility index (Phi) is 1.93. The number of halogens is 1. The summed E-state index contributed by atoms with van der Waals surface area (Å²) in [7, 11) is 1.80. The van der Waals surface area contributed by atoms with Gasteiger partial charge in [0.2, 0.25) is 0 Å². The minimum atomic E-state index is 0.295. The molecule has 0 atom stereocenters. The average Bonchev–Trinajstić information content (AvgIpc) is 2.50. The normalized spacial score (nSPS) is 23.2. The van der Waals surface area contributed by atoms with Crippen LogP contribution in [0.3, 0.4) is 0 Å². The SMILES string of the molecule is COC1(CCBr)CC1. The molecule has 0 aliphatic heterocycles. The van der Waals surface area contributed by atoms with Gasteiger partial charge in [0, 0.05) is 12.4 Å². The highest BCUT2D eigenvalue weighted by Gasteiger charge is 2.41. The lowest BCUT2D eigenvalue weighted by Gasteiger charge is -2.08. The molecule has 1 saturated carbocycles. The molecule has 0 unspecified atom stereocenters. The molecule has 0 heterocycles. The number of ether oxygens (including phenoxy) is 1. The maximum atomic E-state index is 5.26. The molecule has 0 aromatic carbocycles. The van der Waals surface area contributed by atoms with Gasteiger partial charge < -0.3 is 4.74 Å². The summed E-state index contributed by atoms with van der Waals surface area (Å²) in [5.41, 5.74) is 0.295. The van der Waals surface area contributed by atoms with Crippen molar-refractivity contribution in [3.8, 4) is 0 Å². The van der Waals surface area contributed by atoms with Crippen molar-refractivity contribution < 1.29 is 4.74 Å². The predicted octanol–water partition coefficient (Wildman–Crippen LogP) is 1.95. The van der Waals surface area contributed by atoms with Crippen LogP contribution in [0.2, 0.25) is 0 Å². The maximum absolute atomic E-state index is 5.26. The summed E-state index contributed by atoms with van der Waals surface area (Å²) in [4.78, 5) is 0. The highest BCUT2D eigenvalue weighted by molar-refractivity contribution is 9.09. The van der Waals surface area contributed by atoms with E-state index in [1.165, 1.54) is 19.3 Å². The highest BCUT2D eigenvalue weighted by atomic mass is 79.9. The van der Waals surface area contributed by atoms with Gasteiger partial charge in [-0.2, -0.15) is 0 Å². The molecule has 0 N–H and O–H groups in total. The Hall–Kier alpha value is 0.440. The van der Waals surface area contributed by atoms with Crippen LogP contribution in [-0.4, -0.2) is 18.0 Å². The molecule has 1 rings (SSSR count). The summed E-state index contributed by atoms with van der Waals surface area (Å²) in [6.07, 6.45) is 3.69. The standard InChI is InChI=1S/C6H11BrO/c1-8-6(2-3-6)4-5-7/h2-5H2,1H3. The largest absolute Gasteiger partial charge is 0.378 e. The van der Waals surface area contributed by atoms with Crippen molar-refractivity contribution in [3.63, 3.8) is 0 Å². The second-order valence-electron chi connectivity index (χ2n) is 2.33. The molecule has 0 radical (unpaired) electrons. The summed E-state index contributed by atoms with van der Waals surface area (Å²) in [6, 6.07) is 0. The summed E-state index contributed by atoms with van der Waals surface area (Å²) < 4.78 is 5.26. The Morgan fingerprint density at radius 3 is 2.38 bits per heavy atom. The van der Waals surface area contributed by atoms with Crippen molar-refractivity contribution in [2.75, 3.05) is 12.4 Å². The second kappa shape index (κ2) is 2.36. The fourth-order valence-electron chi connectivity index (χ4n) is 0.868. The van der Waals surface area contributed by atoms with E-state index in [1.54, 1.807) is 7.11 Å². The average molecular weight is 179 g/mol. The van der Waals surface area contributed by atoms with E-state index in [4.69, 9.17) is 4.74 Å². The first kappa shape index (κ1) is 6.56. The molecule has 0 amide bonds. The molecular formula is C6H11BrO. The molecule has 1 nitrogen and oxygen atoms in total. The third-order valence-corrected chi connectivity index (χ3v) is 2.19. The number of methoxy groups -OCH3 is 1. The molecule has 48 valence electrons. The third-order valence-electron chi connectivity index (χ3n) is 1.79. The quantitative estimate of drug-likeness (QED) is 0.601. The number of hydrogen-bond acceptors (Lipinski definition) is 1. The van der Waals surface area contributed by atoms with Crippen LogP contribution in [0.25, 0.3) is 0 Å². The molecular weight excluding hydrogens is 168 g/mol. The second-order valence-corrected chi connectivity index (χ2v) is 3.12. The smallest absolute Gasteiger partial charge is 0.0688 e. The van der Waals surface area contributed by atoms with Crippen molar-refractivity contribution in [1.29, 1.82) is 0 Å². The van der Waals surface area contributed by atoms with Gasteiger partial charge in [0.1, 0.15) is 0 Å². The van der Waals surface area contributed by atoms with Crippen LogP contribution in [0.15, 0.2) is 0 Å². The van der Waals surface area contributed by atoms with Crippen LogP contribution in [0.1, 0.15) is 19.3 Å². The van der Waals surface area contributed by atoms with Crippen LogP contribution in [0, 0.1) is 0 Å². The van der Waals surface area contributed by atoms with Crippen LogP contribution >= 0.6 is 15.9 Å². The van der Waals surface area contributed by atoms with E-state index in [0.717, 1.165) is 5.33 Å². The lowest BCUT2D eigenvalue weighted by Crippen LogP contribution is -2.10. The zero-order valence-corrected chi connectivity index (χ0v) is 6.70. The van der Waals surface area contributed by atoms with E-state index in [1.807, 2.05) is 0 Å². The van der Waals surface area contributed by atoms with E-state index < -0.39 is 0 Å². The Balaban J connectivity index is 2.20. The monoisotopic (exact) mass is 178 g/mol. The van der Waals surface area contributed by atoms with Crippen LogP contribution in [-0.2, 0) is 4.74 Å². The minimum Gasteiger partial charge on any atom is -0.378 e. The first-order valence-corrected chi connectivity index (χ1v) is 4.06. The van der Waals surface area contributed by atoms with Gasteiger partial charge in [0.05, 0.1) is 5.60 Å². The van der Waals surface area contributed by atoms with Gasteiger partial charge in [-0.15, -0.1) is 0 Å². The Morgan fingerprint density at radius 2 is 2.25 bits per heavy atom. The van der Waals surface area contributed by atoms with Gasteiger partial charge in [-0.25, -0.2) is 0 Å². The van der Waals surface area contributed by atoms with E-state index in [2.05, 4.69) is 15.9 Å². The van der Waals surface area contributed by atoms with E-state index >= 15 is 0 Å². The summed E-state index contributed by atoms with van der Waals surface area (Å²) in [6.45, 7) is 0. The lowest BCUT2D eigenvalue weighted by atomic mass is 10.3. The van der Waals surface area contributed by atoms with Crippen molar-refractivity contribution in [2.45, 2.75) is 24.9 Å². The summed E-state index contributed by atoms with van der Waals surface area (Å²) >= 11 is 3.39. The van der Waals surface area contributed by atoms with Crippen LogP contribution in [0.4, 0.5) is 0 Å². The molecule has 1 aliphatic carbocycles. The van der Waals surface area contributed by atoms with Gasteiger partial charge >= 0.3 is 0 Å². The number of hydrogen-bond donors (Lipinski definition) is 0. The van der Waals surface area contributed by atoms with Gasteiger partial charge in [-0.3, -0.25) is 0 Å². The van der Waals surface area contributed by atoms with Crippen LogP contribution in [0.5, 0.6) is 0 Å². The number of rotatable bonds is 3. The highest BCUT2D eigenvalue weighted by Crippen LogP contribution is 2.42. The molecule has 0 spiro atoms. The van der Waals surface area contributed by atoms with Gasteiger partial charge in [-0.1, -0.05) is 15.9 Å². The van der Waals surface area contributed by atoms with Crippen molar-refractivity contribution in [2.24, 2.45) is 0 Å². The Bertz CT molecular complexity index is 78.6. The Morgan fingerprint density at radius 1 is 1.62 bits per heavy atom. The van der Waals surface area contributed by atoms with Crippen LogP contribution < -0.4 is 0 Å². The molecule has 1 fully saturated rings. The molecule has 0 aromatic heterocycles. The van der Waals surface area contributed by atoms with Crippen molar-refractivity contribution in [1.82, 2.24) is 0 Å². The lowest BCUT2D eigenvalue weighted by molar-refractivity contribution is 0.0784. The summed E-state index contributed by atoms with van der Waals surface area (Å²) in [5.74, 6) is 0. The van der Waals surface area contributed by atoms with Crippen molar-refractivity contribution in [3.05, 3.63) is 0 Å². The van der Waals surface area contributed by atoms with Gasteiger partial charge in [0.25, 0.3) is 0 Å². The molecule has 0 aromatic rings. The van der Waals surface area contributed by atoms with Crippen molar-refractivity contribution >= 4 is 15.9 Å². The topological polar surface area (TPSA) is 9.23 Å². The zero-order valence-electron chi connectivity index (χ0n) is 5.11. The summed E-state index contributed by atoms with van der Waals surface area (Å²) in [5, 5.41) is 1.07. The number of alkyl halides is 1.